The average molecular weight is 475 g/mol. The highest BCUT2D eigenvalue weighted by atomic mass is 16.6. The van der Waals surface area contributed by atoms with Crippen molar-refractivity contribution in [3.8, 4) is 5.75 Å². The predicted octanol–water partition coefficient (Wildman–Crippen LogP) is 7.82. The monoisotopic (exact) mass is 474 g/mol. The minimum absolute atomic E-state index is 0.105. The first-order chi connectivity index (χ1) is 16.7. The maximum Gasteiger partial charge on any atom is 0.130 e. The molecular weight excluding hydrogens is 428 g/mol. The smallest absolute Gasteiger partial charge is 0.130 e. The predicted molar refractivity (Wildman–Crippen MR) is 140 cm³/mol. The molecule has 8 bridgehead atoms. The van der Waals surface area contributed by atoms with E-state index in [4.69, 9.17) is 9.47 Å². The van der Waals surface area contributed by atoms with Gasteiger partial charge >= 0.3 is 0 Å². The van der Waals surface area contributed by atoms with Crippen LogP contribution in [-0.4, -0.2) is 18.8 Å². The van der Waals surface area contributed by atoms with Crippen LogP contribution >= 0.6 is 0 Å². The summed E-state index contributed by atoms with van der Waals surface area (Å²) in [5, 5.41) is 0. The third-order valence-corrected chi connectivity index (χ3v) is 12.5. The Kier molecular flexibility index (Phi) is 4.46. The summed E-state index contributed by atoms with van der Waals surface area (Å²) in [6.07, 6.45) is 17.9. The van der Waals surface area contributed by atoms with Crippen LogP contribution in [0.15, 0.2) is 18.2 Å². The topological polar surface area (TPSA) is 21.8 Å². The molecule has 0 radical (unpaired) electrons. The molecule has 1 heterocycles. The lowest BCUT2D eigenvalue weighted by Gasteiger charge is -2.61. The molecule has 0 aromatic heterocycles. The van der Waals surface area contributed by atoms with Crippen LogP contribution in [0.2, 0.25) is 0 Å². The summed E-state index contributed by atoms with van der Waals surface area (Å²) in [5.74, 6) is 7.07. The van der Waals surface area contributed by atoms with E-state index in [1.54, 1.807) is 11.1 Å². The van der Waals surface area contributed by atoms with E-state index in [9.17, 15) is 0 Å². The Hall–Kier alpha value is -1.02. The molecule has 35 heavy (non-hydrogen) atoms. The molecule has 8 saturated carbocycles. The summed E-state index contributed by atoms with van der Waals surface area (Å²) in [5.41, 5.74) is 4.47. The summed E-state index contributed by atoms with van der Waals surface area (Å²) in [7, 11) is 0. The molecule has 0 amide bonds. The molecule has 0 spiro atoms. The van der Waals surface area contributed by atoms with Crippen molar-refractivity contribution in [1.82, 2.24) is 0 Å². The van der Waals surface area contributed by atoms with Gasteiger partial charge in [0.1, 0.15) is 18.0 Å². The Labute approximate surface area is 212 Å². The van der Waals surface area contributed by atoms with Crippen LogP contribution in [-0.2, 0) is 15.6 Å². The van der Waals surface area contributed by atoms with E-state index in [1.165, 1.54) is 77.0 Å². The lowest BCUT2D eigenvalue weighted by molar-refractivity contribution is -0.0176. The van der Waals surface area contributed by atoms with E-state index < -0.39 is 0 Å². The van der Waals surface area contributed by atoms with Crippen LogP contribution in [0.25, 0.3) is 0 Å². The largest absolute Gasteiger partial charge is 0.490 e. The van der Waals surface area contributed by atoms with Crippen molar-refractivity contribution in [1.29, 1.82) is 0 Å². The van der Waals surface area contributed by atoms with Gasteiger partial charge in [-0.25, -0.2) is 0 Å². The van der Waals surface area contributed by atoms with Crippen LogP contribution in [0.1, 0.15) is 109 Å². The number of epoxide rings is 1. The van der Waals surface area contributed by atoms with E-state index in [1.807, 2.05) is 0 Å². The summed E-state index contributed by atoms with van der Waals surface area (Å²) in [6, 6.07) is 7.53. The third kappa shape index (κ3) is 3.30. The maximum absolute atomic E-state index is 6.61. The van der Waals surface area contributed by atoms with E-state index >= 15 is 0 Å². The molecule has 8 aliphatic carbocycles. The molecule has 1 aromatic carbocycles. The van der Waals surface area contributed by atoms with Gasteiger partial charge in [0.15, 0.2) is 0 Å². The molecule has 9 fully saturated rings. The molecule has 2 nitrogen and oxygen atoms in total. The molecule has 1 atom stereocenters. The molecule has 1 saturated heterocycles. The van der Waals surface area contributed by atoms with Gasteiger partial charge in [0.2, 0.25) is 0 Å². The van der Waals surface area contributed by atoms with Gasteiger partial charge in [-0.2, -0.15) is 0 Å². The summed E-state index contributed by atoms with van der Waals surface area (Å²) in [4.78, 5) is 0. The van der Waals surface area contributed by atoms with Crippen molar-refractivity contribution in [3.63, 3.8) is 0 Å². The summed E-state index contributed by atoms with van der Waals surface area (Å²) in [6.45, 7) is 8.40. The third-order valence-electron chi connectivity index (χ3n) is 12.5. The summed E-state index contributed by atoms with van der Waals surface area (Å²) < 4.78 is 12.6. The molecule has 10 rings (SSSR count). The highest BCUT2D eigenvalue weighted by Gasteiger charge is 2.57. The maximum atomic E-state index is 6.61. The lowest BCUT2D eigenvalue weighted by atomic mass is 9.44. The van der Waals surface area contributed by atoms with Crippen molar-refractivity contribution in [2.75, 3.05) is 13.2 Å². The van der Waals surface area contributed by atoms with E-state index in [0.29, 0.717) is 17.4 Å². The zero-order chi connectivity index (χ0) is 23.6. The van der Waals surface area contributed by atoms with Crippen molar-refractivity contribution < 1.29 is 9.47 Å². The number of benzene rings is 1. The first-order valence-corrected chi connectivity index (χ1v) is 15.2. The van der Waals surface area contributed by atoms with Crippen molar-refractivity contribution >= 4 is 0 Å². The lowest BCUT2D eigenvalue weighted by Crippen LogP contribution is -2.52. The van der Waals surface area contributed by atoms with Crippen molar-refractivity contribution in [2.24, 2.45) is 40.9 Å². The van der Waals surface area contributed by atoms with Gasteiger partial charge in [-0.3, -0.25) is 0 Å². The van der Waals surface area contributed by atoms with E-state index in [-0.39, 0.29) is 11.0 Å². The van der Waals surface area contributed by atoms with E-state index in [0.717, 1.165) is 47.9 Å². The number of hydrogen-bond donors (Lipinski definition) is 0. The number of rotatable bonds is 5. The molecule has 1 aliphatic heterocycles. The quantitative estimate of drug-likeness (QED) is 0.406. The Bertz CT molecular complexity index is 953. The second-order valence-electron chi connectivity index (χ2n) is 15.9. The normalized spacial score (nSPS) is 49.0. The average Bonchev–Trinajstić information content (AvgIpc) is 3.57. The first-order valence-electron chi connectivity index (χ1n) is 15.2. The zero-order valence-corrected chi connectivity index (χ0v) is 22.4. The fourth-order valence-corrected chi connectivity index (χ4v) is 11.4. The Morgan fingerprint density at radius 1 is 0.714 bits per heavy atom. The molecule has 0 N–H and O–H groups in total. The van der Waals surface area contributed by atoms with Gasteiger partial charge in [0.05, 0.1) is 6.61 Å². The second kappa shape index (κ2) is 7.09. The fraction of sp³-hybridized carbons (Fsp3) is 0.818. The van der Waals surface area contributed by atoms with Gasteiger partial charge < -0.3 is 9.47 Å². The first kappa shape index (κ1) is 22.0. The zero-order valence-electron chi connectivity index (χ0n) is 22.4. The van der Waals surface area contributed by atoms with Crippen LogP contribution in [0.4, 0.5) is 0 Å². The Morgan fingerprint density at radius 3 is 1.54 bits per heavy atom. The Balaban J connectivity index is 1.19. The molecule has 1 aromatic rings. The SMILES string of the molecule is CC(C)(C)C1(COc2ccc(C34CC5CC(CC(C5)C3)C4)c(C34CC5CC(CC(C5)C3)C4)c2)CO1. The van der Waals surface area contributed by atoms with Crippen LogP contribution in [0, 0.1) is 40.9 Å². The van der Waals surface area contributed by atoms with Crippen molar-refractivity contribution in [2.45, 2.75) is 114 Å². The van der Waals surface area contributed by atoms with Gasteiger partial charge in [-0.1, -0.05) is 26.8 Å². The highest BCUT2D eigenvalue weighted by Crippen LogP contribution is 2.66. The molecule has 2 heteroatoms. The van der Waals surface area contributed by atoms with Gasteiger partial charge in [0.25, 0.3) is 0 Å². The molecule has 1 unspecified atom stereocenters. The van der Waals surface area contributed by atoms with Crippen LogP contribution in [0.5, 0.6) is 5.75 Å². The highest BCUT2D eigenvalue weighted by molar-refractivity contribution is 5.47. The number of hydrogen-bond acceptors (Lipinski definition) is 2. The number of ether oxygens (including phenoxy) is 2. The summed E-state index contributed by atoms with van der Waals surface area (Å²) >= 11 is 0. The second-order valence-corrected chi connectivity index (χ2v) is 15.9. The van der Waals surface area contributed by atoms with Gasteiger partial charge in [-0.15, -0.1) is 0 Å². The fourth-order valence-electron chi connectivity index (χ4n) is 11.4. The van der Waals surface area contributed by atoms with Crippen LogP contribution in [0.3, 0.4) is 0 Å². The minimum atomic E-state index is -0.105. The minimum Gasteiger partial charge on any atom is -0.490 e. The van der Waals surface area contributed by atoms with Gasteiger partial charge in [0, 0.05) is 0 Å². The van der Waals surface area contributed by atoms with Crippen molar-refractivity contribution in [3.05, 3.63) is 29.3 Å². The Morgan fingerprint density at radius 2 is 1.14 bits per heavy atom. The van der Waals surface area contributed by atoms with Crippen LogP contribution < -0.4 is 4.74 Å². The standard InChI is InChI=1S/C33H46O2/c1-30(2,3)33(20-35-33)19-34-27-4-5-28(31-13-21-6-22(14-31)8-23(7-21)15-31)29(12-27)32-16-24-9-25(17-32)11-26(10-24)18-32/h4-5,12,21-26H,6-11,13-20H2,1-3H3. The molecular formula is C33H46O2. The molecule has 9 aliphatic rings. The molecule has 190 valence electrons. The van der Waals surface area contributed by atoms with E-state index in [2.05, 4.69) is 39.0 Å². The van der Waals surface area contributed by atoms with Gasteiger partial charge in [-0.05, 0) is 152 Å².